The zero-order valence-electron chi connectivity index (χ0n) is 13.1. The van der Waals surface area contributed by atoms with Crippen LogP contribution >= 0.6 is 0 Å². The predicted molar refractivity (Wildman–Crippen MR) is 82.3 cm³/mol. The Morgan fingerprint density at radius 3 is 2.32 bits per heavy atom. The largest absolute Gasteiger partial charge is 0.452 e. The molecule has 2 rings (SSSR count). The molecule has 1 aromatic carbocycles. The van der Waals surface area contributed by atoms with E-state index in [-0.39, 0.29) is 31.2 Å². The van der Waals surface area contributed by atoms with Crippen LogP contribution in [0.1, 0.15) is 49.0 Å². The summed E-state index contributed by atoms with van der Waals surface area (Å²) in [7, 11) is 0. The number of piperidine rings is 1. The maximum atomic E-state index is 12.3. The Hall–Kier alpha value is -1.88. The monoisotopic (exact) mass is 305 g/mol. The van der Waals surface area contributed by atoms with E-state index in [0.717, 1.165) is 24.8 Å². The molecule has 1 aliphatic heterocycles. The molecule has 22 heavy (non-hydrogen) atoms. The number of esters is 1. The van der Waals surface area contributed by atoms with Gasteiger partial charge in [0.1, 0.15) is 0 Å². The lowest BCUT2D eigenvalue weighted by atomic mass is 9.97. The Bertz CT molecular complexity index is 516. The number of aliphatic hydroxyl groups is 1. The zero-order valence-corrected chi connectivity index (χ0v) is 13.1. The maximum absolute atomic E-state index is 12.3. The second kappa shape index (κ2) is 7.40. The third-order valence-corrected chi connectivity index (χ3v) is 4.18. The normalized spacial score (nSPS) is 21.5. The third-order valence-electron chi connectivity index (χ3n) is 4.18. The number of rotatable bonds is 4. The summed E-state index contributed by atoms with van der Waals surface area (Å²) in [5.41, 5.74) is 1.10. The maximum Gasteiger partial charge on any atom is 0.338 e. The van der Waals surface area contributed by atoms with Gasteiger partial charge in [0.15, 0.2) is 6.61 Å². The number of likely N-dealkylation sites (tertiary alicyclic amines) is 1. The van der Waals surface area contributed by atoms with Crippen molar-refractivity contribution in [3.8, 4) is 0 Å². The van der Waals surface area contributed by atoms with E-state index >= 15 is 0 Å². The fraction of sp³-hybridized carbons (Fsp3) is 0.529. The van der Waals surface area contributed by atoms with Gasteiger partial charge in [0.25, 0.3) is 5.91 Å². The van der Waals surface area contributed by atoms with Crippen LogP contribution in [0.15, 0.2) is 24.3 Å². The van der Waals surface area contributed by atoms with Gasteiger partial charge < -0.3 is 14.7 Å². The first kappa shape index (κ1) is 16.5. The zero-order chi connectivity index (χ0) is 16.1. The number of benzene rings is 1. The Morgan fingerprint density at radius 1 is 1.18 bits per heavy atom. The fourth-order valence-corrected chi connectivity index (χ4v) is 2.94. The highest BCUT2D eigenvalue weighted by atomic mass is 16.5. The average molecular weight is 305 g/mol. The van der Waals surface area contributed by atoms with Crippen LogP contribution in [0.3, 0.4) is 0 Å². The van der Waals surface area contributed by atoms with Gasteiger partial charge in [-0.25, -0.2) is 4.79 Å². The van der Waals surface area contributed by atoms with Crippen LogP contribution in [0.2, 0.25) is 0 Å². The van der Waals surface area contributed by atoms with E-state index in [4.69, 9.17) is 9.84 Å². The number of hydrogen-bond acceptors (Lipinski definition) is 4. The molecule has 1 heterocycles. The number of hydrogen-bond donors (Lipinski definition) is 1. The number of carbonyl (C=O) groups is 2. The predicted octanol–water partition coefficient (Wildman–Crippen LogP) is 2.13. The van der Waals surface area contributed by atoms with E-state index in [9.17, 15) is 9.59 Å². The van der Waals surface area contributed by atoms with Gasteiger partial charge in [0, 0.05) is 12.1 Å². The van der Waals surface area contributed by atoms with E-state index < -0.39 is 5.97 Å². The van der Waals surface area contributed by atoms with Gasteiger partial charge in [-0.15, -0.1) is 0 Å². The number of nitrogens with zero attached hydrogens (tertiary/aromatic N) is 1. The summed E-state index contributed by atoms with van der Waals surface area (Å²) < 4.78 is 5.12. The molecule has 0 spiro atoms. The van der Waals surface area contributed by atoms with Gasteiger partial charge in [-0.3, -0.25) is 4.79 Å². The van der Waals surface area contributed by atoms with E-state index in [2.05, 4.69) is 0 Å². The van der Waals surface area contributed by atoms with Crippen molar-refractivity contribution >= 4 is 11.9 Å². The molecule has 0 aliphatic carbocycles. The third kappa shape index (κ3) is 3.85. The molecule has 5 nitrogen and oxygen atoms in total. The van der Waals surface area contributed by atoms with Gasteiger partial charge in [0.05, 0.1) is 12.2 Å². The second-order valence-corrected chi connectivity index (χ2v) is 5.86. The molecular weight excluding hydrogens is 282 g/mol. The van der Waals surface area contributed by atoms with Crippen molar-refractivity contribution in [1.29, 1.82) is 0 Å². The van der Waals surface area contributed by atoms with E-state index in [1.165, 1.54) is 0 Å². The van der Waals surface area contributed by atoms with E-state index in [1.807, 2.05) is 18.7 Å². The van der Waals surface area contributed by atoms with Crippen LogP contribution in [0.25, 0.3) is 0 Å². The molecule has 0 saturated carbocycles. The topological polar surface area (TPSA) is 66.8 Å². The fourth-order valence-electron chi connectivity index (χ4n) is 2.94. The lowest BCUT2D eigenvalue weighted by Crippen LogP contribution is -2.49. The van der Waals surface area contributed by atoms with Crippen molar-refractivity contribution in [2.24, 2.45) is 0 Å². The van der Waals surface area contributed by atoms with Crippen molar-refractivity contribution in [1.82, 2.24) is 4.90 Å². The minimum absolute atomic E-state index is 0.0709. The van der Waals surface area contributed by atoms with Gasteiger partial charge in [-0.2, -0.15) is 0 Å². The first-order valence-corrected chi connectivity index (χ1v) is 7.71. The summed E-state index contributed by atoms with van der Waals surface area (Å²) in [6.45, 7) is 3.76. The number of ether oxygens (including phenoxy) is 1. The highest BCUT2D eigenvalue weighted by molar-refractivity contribution is 5.91. The molecule has 0 unspecified atom stereocenters. The van der Waals surface area contributed by atoms with Crippen molar-refractivity contribution in [3.63, 3.8) is 0 Å². The molecule has 1 fully saturated rings. The van der Waals surface area contributed by atoms with E-state index in [1.54, 1.807) is 24.3 Å². The summed E-state index contributed by atoms with van der Waals surface area (Å²) in [5, 5.41) is 8.97. The summed E-state index contributed by atoms with van der Waals surface area (Å²) in [5.74, 6) is -0.657. The molecular formula is C17H23NO4. The standard InChI is InChI=1S/C17H23NO4/c1-12-4-3-5-13(2)18(12)16(20)11-22-17(21)15-8-6-14(10-19)7-9-15/h6-9,12-13,19H,3-5,10-11H2,1-2H3/t12-,13-/m0/s1. The molecule has 5 heteroatoms. The van der Waals surface area contributed by atoms with Gasteiger partial charge >= 0.3 is 5.97 Å². The minimum atomic E-state index is -0.518. The Labute approximate surface area is 130 Å². The number of aliphatic hydroxyl groups excluding tert-OH is 1. The second-order valence-electron chi connectivity index (χ2n) is 5.86. The molecule has 0 bridgehead atoms. The molecule has 1 amide bonds. The van der Waals surface area contributed by atoms with Crippen molar-refractivity contribution in [2.45, 2.75) is 51.8 Å². The highest BCUT2D eigenvalue weighted by Crippen LogP contribution is 2.22. The molecule has 1 saturated heterocycles. The van der Waals surface area contributed by atoms with Gasteiger partial charge in [-0.05, 0) is 50.8 Å². The van der Waals surface area contributed by atoms with Crippen molar-refractivity contribution < 1.29 is 19.4 Å². The molecule has 2 atom stereocenters. The van der Waals surface area contributed by atoms with Gasteiger partial charge in [-0.1, -0.05) is 12.1 Å². The molecule has 0 aromatic heterocycles. The first-order chi connectivity index (χ1) is 10.5. The molecule has 1 aliphatic rings. The summed E-state index contributed by atoms with van der Waals surface area (Å²) in [6.07, 6.45) is 3.11. The van der Waals surface area contributed by atoms with Crippen LogP contribution in [-0.2, 0) is 16.1 Å². The Kier molecular flexibility index (Phi) is 5.55. The quantitative estimate of drug-likeness (QED) is 0.865. The van der Waals surface area contributed by atoms with Crippen molar-refractivity contribution in [3.05, 3.63) is 35.4 Å². The summed E-state index contributed by atoms with van der Waals surface area (Å²) in [6, 6.07) is 6.88. The summed E-state index contributed by atoms with van der Waals surface area (Å²) >= 11 is 0. The average Bonchev–Trinajstić information content (AvgIpc) is 2.52. The Balaban J connectivity index is 1.90. The Morgan fingerprint density at radius 2 is 1.77 bits per heavy atom. The first-order valence-electron chi connectivity index (χ1n) is 7.71. The van der Waals surface area contributed by atoms with E-state index in [0.29, 0.717) is 5.56 Å². The minimum Gasteiger partial charge on any atom is -0.452 e. The van der Waals surface area contributed by atoms with Gasteiger partial charge in [0.2, 0.25) is 0 Å². The van der Waals surface area contributed by atoms with Crippen molar-refractivity contribution in [2.75, 3.05) is 6.61 Å². The molecule has 1 N–H and O–H groups in total. The van der Waals surface area contributed by atoms with Crippen LogP contribution in [0, 0.1) is 0 Å². The van der Waals surface area contributed by atoms with Crippen LogP contribution in [-0.4, -0.2) is 40.6 Å². The van der Waals surface area contributed by atoms with Crippen LogP contribution < -0.4 is 0 Å². The van der Waals surface area contributed by atoms with Crippen LogP contribution in [0.4, 0.5) is 0 Å². The SMILES string of the molecule is C[C@H]1CCC[C@H](C)N1C(=O)COC(=O)c1ccc(CO)cc1. The van der Waals surface area contributed by atoms with Crippen LogP contribution in [0.5, 0.6) is 0 Å². The molecule has 120 valence electrons. The summed E-state index contributed by atoms with van der Waals surface area (Å²) in [4.78, 5) is 26.0. The molecule has 0 radical (unpaired) electrons. The highest BCUT2D eigenvalue weighted by Gasteiger charge is 2.29. The number of carbonyl (C=O) groups excluding carboxylic acids is 2. The smallest absolute Gasteiger partial charge is 0.338 e. The molecule has 1 aromatic rings. The lowest BCUT2D eigenvalue weighted by molar-refractivity contribution is -0.140. The lowest BCUT2D eigenvalue weighted by Gasteiger charge is -2.38. The number of amides is 1.